The number of carbonyl (C=O) groups is 4. The molecule has 8 nitrogen and oxygen atoms in total. The summed E-state index contributed by atoms with van der Waals surface area (Å²) in [5, 5.41) is 22.5. The smallest absolute Gasteiger partial charge is 0.338 e. The van der Waals surface area contributed by atoms with E-state index in [9.17, 15) is 24.3 Å². The average molecular weight is 623 g/mol. The minimum atomic E-state index is -1.53. The zero-order chi connectivity index (χ0) is 27.4. The van der Waals surface area contributed by atoms with Crippen LogP contribution in [0.1, 0.15) is 31.1 Å². The zero-order valence-corrected chi connectivity index (χ0v) is 22.7. The average Bonchev–Trinajstić information content (AvgIpc) is 2.84. The summed E-state index contributed by atoms with van der Waals surface area (Å²) < 4.78 is 0. The molecular formula is C23H13Cl5N2O6S. The maximum atomic E-state index is 12.9. The number of carbonyl (C=O) groups excluding carboxylic acids is 2. The van der Waals surface area contributed by atoms with E-state index >= 15 is 0 Å². The Morgan fingerprint density at radius 3 is 2.03 bits per heavy atom. The van der Waals surface area contributed by atoms with Crippen LogP contribution in [0, 0.1) is 0 Å². The fourth-order valence-corrected chi connectivity index (χ4v) is 4.93. The Hall–Kier alpha value is -2.66. The Bertz CT molecular complexity index is 1450. The molecule has 0 aliphatic heterocycles. The van der Waals surface area contributed by atoms with Gasteiger partial charge in [-0.2, -0.15) is 0 Å². The maximum absolute atomic E-state index is 12.9. The highest BCUT2D eigenvalue weighted by Crippen LogP contribution is 2.42. The van der Waals surface area contributed by atoms with E-state index in [-0.39, 0.29) is 42.8 Å². The van der Waals surface area contributed by atoms with Crippen molar-refractivity contribution >= 4 is 105 Å². The fourth-order valence-electron chi connectivity index (χ4n) is 2.99. The van der Waals surface area contributed by atoms with Gasteiger partial charge in [-0.05, 0) is 36.4 Å². The molecule has 0 heterocycles. The van der Waals surface area contributed by atoms with Crippen LogP contribution in [0.15, 0.2) is 47.4 Å². The number of carboxylic acid groups (broad SMARTS) is 2. The highest BCUT2D eigenvalue weighted by atomic mass is 35.5. The van der Waals surface area contributed by atoms with E-state index in [2.05, 4.69) is 10.6 Å². The van der Waals surface area contributed by atoms with Crippen molar-refractivity contribution in [3.05, 3.63) is 84.3 Å². The highest BCUT2D eigenvalue weighted by molar-refractivity contribution is 8.00. The SMILES string of the molecule is O=C(CSc1cccc(NC(=O)c2c(Cl)c(Cl)c(Cl)c(Cl)c2C(=O)O)c1)Nc1cc(C(=O)O)ccc1Cl. The Balaban J connectivity index is 1.74. The number of hydrogen-bond donors (Lipinski definition) is 4. The van der Waals surface area contributed by atoms with Crippen molar-refractivity contribution in [2.45, 2.75) is 4.90 Å². The lowest BCUT2D eigenvalue weighted by Gasteiger charge is -2.14. The first-order valence-electron chi connectivity index (χ1n) is 9.86. The summed E-state index contributed by atoms with van der Waals surface area (Å²) >= 11 is 31.2. The summed E-state index contributed by atoms with van der Waals surface area (Å²) in [6.07, 6.45) is 0. The van der Waals surface area contributed by atoms with Crippen LogP contribution in [0.2, 0.25) is 25.1 Å². The van der Waals surface area contributed by atoms with Gasteiger partial charge in [0.2, 0.25) is 5.91 Å². The number of halogens is 5. The van der Waals surface area contributed by atoms with Gasteiger partial charge in [-0.25, -0.2) is 9.59 Å². The molecule has 37 heavy (non-hydrogen) atoms. The fraction of sp³-hybridized carbons (Fsp3) is 0.0435. The number of thioether (sulfide) groups is 1. The number of nitrogens with one attached hydrogen (secondary N) is 2. The third-order valence-electron chi connectivity index (χ3n) is 4.66. The van der Waals surface area contributed by atoms with Crippen LogP contribution >= 0.6 is 69.8 Å². The van der Waals surface area contributed by atoms with E-state index in [1.807, 2.05) is 0 Å². The molecule has 4 N–H and O–H groups in total. The number of rotatable bonds is 8. The van der Waals surface area contributed by atoms with Gasteiger partial charge in [0, 0.05) is 10.6 Å². The van der Waals surface area contributed by atoms with Gasteiger partial charge in [0.15, 0.2) is 0 Å². The first kappa shape index (κ1) is 28.9. The van der Waals surface area contributed by atoms with E-state index in [4.69, 9.17) is 63.1 Å². The van der Waals surface area contributed by atoms with Gasteiger partial charge in [-0.1, -0.05) is 64.1 Å². The molecule has 0 radical (unpaired) electrons. The van der Waals surface area contributed by atoms with Crippen LogP contribution < -0.4 is 10.6 Å². The van der Waals surface area contributed by atoms with Crippen molar-refractivity contribution in [3.8, 4) is 0 Å². The predicted octanol–water partition coefficient (Wildman–Crippen LogP) is 7.33. The topological polar surface area (TPSA) is 133 Å². The Kier molecular flexibility index (Phi) is 9.57. The highest BCUT2D eigenvalue weighted by Gasteiger charge is 2.29. The molecule has 3 rings (SSSR count). The Morgan fingerprint density at radius 1 is 0.757 bits per heavy atom. The third-order valence-corrected chi connectivity index (χ3v) is 7.78. The van der Waals surface area contributed by atoms with E-state index < -0.39 is 39.9 Å². The lowest BCUT2D eigenvalue weighted by atomic mass is 10.1. The summed E-state index contributed by atoms with van der Waals surface area (Å²) in [6.45, 7) is 0. The monoisotopic (exact) mass is 620 g/mol. The standard InChI is InChI=1S/C23H13Cl5N2O6S/c24-12-5-4-9(22(33)34)6-13(12)30-14(31)8-37-11-3-1-2-10(7-11)29-21(32)15-16(23(35)36)18(26)20(28)19(27)17(15)25/h1-7H,8H2,(H,29,32)(H,30,31)(H,33,34)(H,35,36). The number of hydrogen-bond acceptors (Lipinski definition) is 5. The lowest BCUT2D eigenvalue weighted by molar-refractivity contribution is -0.113. The lowest BCUT2D eigenvalue weighted by Crippen LogP contribution is -2.18. The number of benzene rings is 3. The van der Waals surface area contributed by atoms with Gasteiger partial charge in [0.25, 0.3) is 5.91 Å². The molecule has 2 amide bonds. The summed E-state index contributed by atoms with van der Waals surface area (Å²) in [5.74, 6) is -4.11. The van der Waals surface area contributed by atoms with Crippen molar-refractivity contribution in [1.29, 1.82) is 0 Å². The van der Waals surface area contributed by atoms with Crippen molar-refractivity contribution in [2.24, 2.45) is 0 Å². The van der Waals surface area contributed by atoms with Gasteiger partial charge in [0.05, 0.1) is 53.2 Å². The quantitative estimate of drug-likeness (QED) is 0.117. The van der Waals surface area contributed by atoms with Gasteiger partial charge in [-0.15, -0.1) is 11.8 Å². The maximum Gasteiger partial charge on any atom is 0.338 e. The Labute approximate surface area is 238 Å². The van der Waals surface area contributed by atoms with Gasteiger partial charge in [0.1, 0.15) is 0 Å². The minimum absolute atomic E-state index is 0.0368. The first-order chi connectivity index (χ1) is 17.4. The van der Waals surface area contributed by atoms with E-state index in [1.165, 1.54) is 24.3 Å². The molecule has 3 aromatic rings. The van der Waals surface area contributed by atoms with E-state index in [0.29, 0.717) is 4.90 Å². The van der Waals surface area contributed by atoms with Crippen molar-refractivity contribution in [1.82, 2.24) is 0 Å². The second kappa shape index (κ2) is 12.3. The van der Waals surface area contributed by atoms with Gasteiger partial charge in [-0.3, -0.25) is 9.59 Å². The molecule has 0 atom stereocenters. The van der Waals surface area contributed by atoms with E-state index in [1.54, 1.807) is 18.2 Å². The summed E-state index contributed by atoms with van der Waals surface area (Å²) in [6, 6.07) is 10.3. The first-order valence-corrected chi connectivity index (χ1v) is 12.7. The third kappa shape index (κ3) is 6.81. The number of carboxylic acids is 2. The van der Waals surface area contributed by atoms with Crippen LogP contribution in [0.25, 0.3) is 0 Å². The largest absolute Gasteiger partial charge is 0.478 e. The van der Waals surface area contributed by atoms with Crippen molar-refractivity contribution < 1.29 is 29.4 Å². The molecule has 3 aromatic carbocycles. The molecule has 0 fully saturated rings. The number of anilines is 2. The normalized spacial score (nSPS) is 10.6. The van der Waals surface area contributed by atoms with Crippen LogP contribution in [-0.2, 0) is 4.79 Å². The molecule has 0 unspecified atom stereocenters. The van der Waals surface area contributed by atoms with E-state index in [0.717, 1.165) is 11.8 Å². The molecule has 0 saturated heterocycles. The second-order valence-electron chi connectivity index (χ2n) is 7.13. The molecule has 14 heteroatoms. The summed E-state index contributed by atoms with van der Waals surface area (Å²) in [4.78, 5) is 48.7. The summed E-state index contributed by atoms with van der Waals surface area (Å²) in [7, 11) is 0. The van der Waals surface area contributed by atoms with Crippen molar-refractivity contribution in [3.63, 3.8) is 0 Å². The molecule has 0 aromatic heterocycles. The molecule has 0 aliphatic rings. The molecular weight excluding hydrogens is 610 g/mol. The van der Waals surface area contributed by atoms with Gasteiger partial charge < -0.3 is 20.8 Å². The molecule has 0 spiro atoms. The van der Waals surface area contributed by atoms with Crippen LogP contribution in [0.4, 0.5) is 11.4 Å². The molecule has 192 valence electrons. The molecule has 0 aliphatic carbocycles. The number of amides is 2. The van der Waals surface area contributed by atoms with Gasteiger partial charge >= 0.3 is 11.9 Å². The summed E-state index contributed by atoms with van der Waals surface area (Å²) in [5.41, 5.74) is -0.690. The Morgan fingerprint density at radius 2 is 1.41 bits per heavy atom. The van der Waals surface area contributed by atoms with Crippen LogP contribution in [0.3, 0.4) is 0 Å². The molecule has 0 saturated carbocycles. The second-order valence-corrected chi connectivity index (χ2v) is 10.1. The zero-order valence-electron chi connectivity index (χ0n) is 18.1. The number of aromatic carboxylic acids is 2. The minimum Gasteiger partial charge on any atom is -0.478 e. The predicted molar refractivity (Wildman–Crippen MR) is 146 cm³/mol. The van der Waals surface area contributed by atoms with Crippen LogP contribution in [0.5, 0.6) is 0 Å². The molecule has 0 bridgehead atoms. The van der Waals surface area contributed by atoms with Crippen LogP contribution in [-0.4, -0.2) is 39.7 Å². The van der Waals surface area contributed by atoms with Crippen molar-refractivity contribution in [2.75, 3.05) is 16.4 Å².